The molecule has 1 unspecified atom stereocenters. The summed E-state index contributed by atoms with van der Waals surface area (Å²) < 4.78 is 0. The zero-order valence-electron chi connectivity index (χ0n) is 15.8. The molecule has 26 heavy (non-hydrogen) atoms. The van der Waals surface area contributed by atoms with E-state index in [1.807, 2.05) is 9.80 Å². The van der Waals surface area contributed by atoms with E-state index in [4.69, 9.17) is 0 Å². The van der Waals surface area contributed by atoms with E-state index < -0.39 is 0 Å². The number of carbonyl (C=O) groups is 3. The maximum Gasteiger partial charge on any atom is 0.226 e. The number of likely N-dealkylation sites (tertiary alicyclic amines) is 2. The smallest absolute Gasteiger partial charge is 0.226 e. The highest BCUT2D eigenvalue weighted by Crippen LogP contribution is 2.24. The topological polar surface area (TPSA) is 69.7 Å². The van der Waals surface area contributed by atoms with Crippen molar-refractivity contribution in [3.05, 3.63) is 12.2 Å². The number of nitrogens with one attached hydrogen (secondary N) is 1. The molecule has 2 saturated heterocycles. The van der Waals surface area contributed by atoms with Crippen LogP contribution in [-0.2, 0) is 14.4 Å². The molecule has 1 atom stereocenters. The molecule has 6 heteroatoms. The molecule has 3 rings (SSSR count). The second kappa shape index (κ2) is 8.69. The lowest BCUT2D eigenvalue weighted by atomic mass is 9.94. The van der Waals surface area contributed by atoms with E-state index in [1.165, 1.54) is 0 Å². The number of rotatable bonds is 4. The molecule has 0 aromatic carbocycles. The molecule has 144 valence electrons. The van der Waals surface area contributed by atoms with Gasteiger partial charge in [0.15, 0.2) is 0 Å². The van der Waals surface area contributed by atoms with Gasteiger partial charge in [-0.2, -0.15) is 0 Å². The Labute approximate surface area is 156 Å². The highest BCUT2D eigenvalue weighted by Gasteiger charge is 2.30. The minimum Gasteiger partial charge on any atom is -0.356 e. The second-order valence-electron chi connectivity index (χ2n) is 7.96. The van der Waals surface area contributed by atoms with E-state index in [0.717, 1.165) is 51.6 Å². The molecule has 0 saturated carbocycles. The predicted molar refractivity (Wildman–Crippen MR) is 99.2 cm³/mol. The van der Waals surface area contributed by atoms with E-state index in [9.17, 15) is 14.4 Å². The van der Waals surface area contributed by atoms with Gasteiger partial charge in [-0.05, 0) is 44.4 Å². The van der Waals surface area contributed by atoms with Crippen LogP contribution >= 0.6 is 0 Å². The molecular formula is C20H31N3O3. The summed E-state index contributed by atoms with van der Waals surface area (Å²) in [7, 11) is 0. The molecule has 3 amide bonds. The quantitative estimate of drug-likeness (QED) is 0.773. The molecule has 2 fully saturated rings. The molecule has 1 aliphatic carbocycles. The van der Waals surface area contributed by atoms with Crippen molar-refractivity contribution in [2.45, 2.75) is 45.4 Å². The third kappa shape index (κ3) is 4.65. The summed E-state index contributed by atoms with van der Waals surface area (Å²) in [6.07, 6.45) is 9.51. The lowest BCUT2D eigenvalue weighted by Crippen LogP contribution is -2.47. The van der Waals surface area contributed by atoms with Crippen molar-refractivity contribution in [2.75, 3.05) is 32.7 Å². The Hall–Kier alpha value is -1.85. The first kappa shape index (κ1) is 18.9. The van der Waals surface area contributed by atoms with Crippen LogP contribution in [0.4, 0.5) is 0 Å². The monoisotopic (exact) mass is 361 g/mol. The van der Waals surface area contributed by atoms with E-state index in [0.29, 0.717) is 25.6 Å². The van der Waals surface area contributed by atoms with Crippen LogP contribution in [0.3, 0.4) is 0 Å². The Morgan fingerprint density at radius 3 is 2.31 bits per heavy atom. The summed E-state index contributed by atoms with van der Waals surface area (Å²) in [6, 6.07) is 0. The minimum absolute atomic E-state index is 0.0106. The Morgan fingerprint density at radius 1 is 0.962 bits per heavy atom. The summed E-state index contributed by atoms with van der Waals surface area (Å²) >= 11 is 0. The summed E-state index contributed by atoms with van der Waals surface area (Å²) in [4.78, 5) is 40.2. The van der Waals surface area contributed by atoms with Gasteiger partial charge in [0.25, 0.3) is 0 Å². The number of carbonyl (C=O) groups excluding carboxylic acids is 3. The molecule has 0 aromatic rings. The van der Waals surface area contributed by atoms with E-state index in [-0.39, 0.29) is 29.6 Å². The van der Waals surface area contributed by atoms with Crippen LogP contribution in [0.1, 0.15) is 45.4 Å². The average molecular weight is 361 g/mol. The highest BCUT2D eigenvalue weighted by molar-refractivity contribution is 5.80. The Morgan fingerprint density at radius 2 is 1.65 bits per heavy atom. The number of nitrogens with zero attached hydrogens (tertiary/aromatic N) is 2. The van der Waals surface area contributed by atoms with Crippen molar-refractivity contribution in [1.29, 1.82) is 0 Å². The fourth-order valence-corrected chi connectivity index (χ4v) is 4.35. The first-order valence-corrected chi connectivity index (χ1v) is 10.0. The Kier molecular flexibility index (Phi) is 6.33. The molecule has 2 heterocycles. The van der Waals surface area contributed by atoms with Crippen LogP contribution in [0.5, 0.6) is 0 Å². The van der Waals surface area contributed by atoms with Crippen molar-refractivity contribution in [1.82, 2.24) is 15.1 Å². The largest absolute Gasteiger partial charge is 0.356 e. The zero-order chi connectivity index (χ0) is 18.5. The fraction of sp³-hybridized carbons (Fsp3) is 0.750. The normalized spacial score (nSPS) is 24.7. The first-order chi connectivity index (χ1) is 12.5. The van der Waals surface area contributed by atoms with Crippen LogP contribution in [0.25, 0.3) is 0 Å². The zero-order valence-corrected chi connectivity index (χ0v) is 15.8. The summed E-state index contributed by atoms with van der Waals surface area (Å²) in [5.74, 6) is 0.974. The van der Waals surface area contributed by atoms with Crippen molar-refractivity contribution >= 4 is 17.7 Å². The number of piperidine rings is 2. The van der Waals surface area contributed by atoms with Gasteiger partial charge in [0.05, 0.1) is 0 Å². The fourth-order valence-electron chi connectivity index (χ4n) is 4.35. The van der Waals surface area contributed by atoms with Gasteiger partial charge >= 0.3 is 0 Å². The van der Waals surface area contributed by atoms with Crippen LogP contribution in [0, 0.1) is 17.8 Å². The van der Waals surface area contributed by atoms with Crippen LogP contribution in [-0.4, -0.2) is 60.2 Å². The predicted octanol–water partition coefficient (Wildman–Crippen LogP) is 1.57. The van der Waals surface area contributed by atoms with E-state index >= 15 is 0 Å². The van der Waals surface area contributed by atoms with Gasteiger partial charge in [-0.25, -0.2) is 0 Å². The summed E-state index contributed by atoms with van der Waals surface area (Å²) in [6.45, 7) is 5.20. The minimum atomic E-state index is 0.0106. The Bertz CT molecular complexity index is 559. The Balaban J connectivity index is 1.40. The molecular weight excluding hydrogens is 330 g/mol. The van der Waals surface area contributed by atoms with Crippen LogP contribution in [0.15, 0.2) is 12.2 Å². The highest BCUT2D eigenvalue weighted by atomic mass is 16.2. The van der Waals surface area contributed by atoms with Crippen molar-refractivity contribution in [2.24, 2.45) is 17.8 Å². The molecule has 0 spiro atoms. The number of hydrogen-bond donors (Lipinski definition) is 1. The first-order valence-electron chi connectivity index (χ1n) is 10.0. The van der Waals surface area contributed by atoms with Gasteiger partial charge in [-0.1, -0.05) is 12.2 Å². The van der Waals surface area contributed by atoms with Gasteiger partial charge in [0.1, 0.15) is 0 Å². The molecule has 0 bridgehead atoms. The maximum atomic E-state index is 12.6. The average Bonchev–Trinajstić information content (AvgIpc) is 3.20. The van der Waals surface area contributed by atoms with Crippen LogP contribution in [0.2, 0.25) is 0 Å². The number of amides is 3. The SMILES string of the molecule is CC(=O)N1CCC(C(=O)NCC2CCCN(C(=O)C3CC=CC3)C2)CC1. The van der Waals surface area contributed by atoms with Gasteiger partial charge < -0.3 is 15.1 Å². The number of hydrogen-bond acceptors (Lipinski definition) is 3. The molecule has 1 N–H and O–H groups in total. The summed E-state index contributed by atoms with van der Waals surface area (Å²) in [5.41, 5.74) is 0. The van der Waals surface area contributed by atoms with Crippen molar-refractivity contribution in [3.8, 4) is 0 Å². The van der Waals surface area contributed by atoms with Gasteiger partial charge in [0.2, 0.25) is 17.7 Å². The van der Waals surface area contributed by atoms with E-state index in [2.05, 4.69) is 17.5 Å². The molecule has 0 aromatic heterocycles. The van der Waals surface area contributed by atoms with Gasteiger partial charge in [0, 0.05) is 51.5 Å². The summed E-state index contributed by atoms with van der Waals surface area (Å²) in [5, 5.41) is 3.10. The second-order valence-corrected chi connectivity index (χ2v) is 7.96. The molecule has 6 nitrogen and oxygen atoms in total. The van der Waals surface area contributed by atoms with Gasteiger partial charge in [-0.3, -0.25) is 14.4 Å². The third-order valence-corrected chi connectivity index (χ3v) is 6.06. The molecule has 2 aliphatic heterocycles. The van der Waals surface area contributed by atoms with E-state index in [1.54, 1.807) is 6.92 Å². The maximum absolute atomic E-state index is 12.6. The lowest BCUT2D eigenvalue weighted by molar-refractivity contribution is -0.137. The molecule has 0 radical (unpaired) electrons. The van der Waals surface area contributed by atoms with Crippen molar-refractivity contribution < 1.29 is 14.4 Å². The van der Waals surface area contributed by atoms with Crippen LogP contribution < -0.4 is 5.32 Å². The lowest BCUT2D eigenvalue weighted by Gasteiger charge is -2.35. The third-order valence-electron chi connectivity index (χ3n) is 6.06. The van der Waals surface area contributed by atoms with Crippen molar-refractivity contribution in [3.63, 3.8) is 0 Å². The standard InChI is InChI=1S/C20H31N3O3/c1-15(24)22-11-8-17(9-12-22)19(25)21-13-16-5-4-10-23(14-16)20(26)18-6-2-3-7-18/h2-3,16-18H,4-14H2,1H3,(H,21,25). The number of allylic oxidation sites excluding steroid dienone is 2. The molecule has 3 aliphatic rings. The van der Waals surface area contributed by atoms with Gasteiger partial charge in [-0.15, -0.1) is 0 Å².